The first-order valence-corrected chi connectivity index (χ1v) is 8.50. The Morgan fingerprint density at radius 2 is 1.92 bits per heavy atom. The Hall–Kier alpha value is -2.63. The highest BCUT2D eigenvalue weighted by Gasteiger charge is 2.19. The standard InChI is InChI=1S/C19H25N3O3/c1-14-11-15(2)22(21-14)10-6-9-20-18(23)12-17(13-19(24)25)16-7-4-3-5-8-16/h3-5,7-8,11,17H,6,9-10,12-13H2,1-2H3,(H,20,23)(H,24,25)/t17-/m0/s1. The molecular formula is C19H25N3O3. The molecule has 2 N–H and O–H groups in total. The molecule has 6 nitrogen and oxygen atoms in total. The molecule has 25 heavy (non-hydrogen) atoms. The molecule has 1 aromatic carbocycles. The second-order valence-electron chi connectivity index (χ2n) is 6.26. The van der Waals surface area contributed by atoms with E-state index in [0.717, 1.165) is 29.9 Å². The first-order valence-electron chi connectivity index (χ1n) is 8.50. The predicted molar refractivity (Wildman–Crippen MR) is 95.4 cm³/mol. The van der Waals surface area contributed by atoms with Gasteiger partial charge in [0, 0.05) is 31.1 Å². The predicted octanol–water partition coefficient (Wildman–Crippen LogP) is 2.65. The molecule has 0 unspecified atom stereocenters. The van der Waals surface area contributed by atoms with Gasteiger partial charge in [-0.15, -0.1) is 0 Å². The van der Waals surface area contributed by atoms with Gasteiger partial charge in [0.2, 0.25) is 5.91 Å². The molecule has 0 radical (unpaired) electrons. The topological polar surface area (TPSA) is 84.2 Å². The number of aryl methyl sites for hydroxylation is 3. The van der Waals surface area contributed by atoms with Crippen LogP contribution in [0.4, 0.5) is 0 Å². The average Bonchev–Trinajstić information content (AvgIpc) is 2.89. The summed E-state index contributed by atoms with van der Waals surface area (Å²) in [6, 6.07) is 11.3. The fourth-order valence-corrected chi connectivity index (χ4v) is 2.90. The van der Waals surface area contributed by atoms with Crippen molar-refractivity contribution in [3.8, 4) is 0 Å². The van der Waals surface area contributed by atoms with Gasteiger partial charge in [0.05, 0.1) is 12.1 Å². The molecule has 0 aliphatic carbocycles. The van der Waals surface area contributed by atoms with Crippen LogP contribution in [0.1, 0.15) is 42.1 Å². The largest absolute Gasteiger partial charge is 0.481 e. The smallest absolute Gasteiger partial charge is 0.303 e. The molecule has 1 amide bonds. The van der Waals surface area contributed by atoms with E-state index in [2.05, 4.69) is 10.4 Å². The Balaban J connectivity index is 1.80. The summed E-state index contributed by atoms with van der Waals surface area (Å²) in [4.78, 5) is 23.2. The highest BCUT2D eigenvalue weighted by Crippen LogP contribution is 2.23. The zero-order valence-electron chi connectivity index (χ0n) is 14.7. The lowest BCUT2D eigenvalue weighted by molar-refractivity contribution is -0.137. The van der Waals surface area contributed by atoms with E-state index in [1.807, 2.05) is 54.9 Å². The summed E-state index contributed by atoms with van der Waals surface area (Å²) >= 11 is 0. The van der Waals surface area contributed by atoms with Crippen LogP contribution < -0.4 is 5.32 Å². The molecule has 1 aromatic heterocycles. The van der Waals surface area contributed by atoms with Crippen LogP contribution in [0, 0.1) is 13.8 Å². The number of carboxylic acids is 1. The molecule has 0 saturated carbocycles. The third-order valence-electron chi connectivity index (χ3n) is 4.10. The number of carboxylic acid groups (broad SMARTS) is 1. The normalized spacial score (nSPS) is 11.9. The quantitative estimate of drug-likeness (QED) is 0.686. The van der Waals surface area contributed by atoms with Crippen molar-refractivity contribution >= 4 is 11.9 Å². The van der Waals surface area contributed by atoms with Crippen molar-refractivity contribution in [1.82, 2.24) is 15.1 Å². The Kier molecular flexibility index (Phi) is 6.74. The van der Waals surface area contributed by atoms with Crippen LogP contribution in [0.2, 0.25) is 0 Å². The van der Waals surface area contributed by atoms with Gasteiger partial charge in [-0.2, -0.15) is 5.10 Å². The van der Waals surface area contributed by atoms with Gasteiger partial charge in [0.25, 0.3) is 0 Å². The molecule has 0 aliphatic heterocycles. The second-order valence-corrected chi connectivity index (χ2v) is 6.26. The molecule has 0 spiro atoms. The highest BCUT2D eigenvalue weighted by atomic mass is 16.4. The van der Waals surface area contributed by atoms with Gasteiger partial charge in [-0.3, -0.25) is 14.3 Å². The van der Waals surface area contributed by atoms with Crippen LogP contribution in [0.3, 0.4) is 0 Å². The zero-order valence-corrected chi connectivity index (χ0v) is 14.7. The number of aromatic nitrogens is 2. The number of nitrogens with zero attached hydrogens (tertiary/aromatic N) is 2. The van der Waals surface area contributed by atoms with Crippen molar-refractivity contribution < 1.29 is 14.7 Å². The molecule has 1 atom stereocenters. The van der Waals surface area contributed by atoms with Crippen LogP contribution in [0.5, 0.6) is 0 Å². The minimum atomic E-state index is -0.897. The van der Waals surface area contributed by atoms with Gasteiger partial charge in [0.15, 0.2) is 0 Å². The number of hydrogen-bond donors (Lipinski definition) is 2. The molecule has 0 fully saturated rings. The average molecular weight is 343 g/mol. The third kappa shape index (κ3) is 6.06. The molecule has 2 aromatic rings. The second kappa shape index (κ2) is 9.01. The minimum absolute atomic E-state index is 0.0524. The Bertz CT molecular complexity index is 710. The molecule has 6 heteroatoms. The monoisotopic (exact) mass is 343 g/mol. The van der Waals surface area contributed by atoms with E-state index in [1.54, 1.807) is 0 Å². The van der Waals surface area contributed by atoms with Gasteiger partial charge in [-0.05, 0) is 31.9 Å². The van der Waals surface area contributed by atoms with E-state index in [0.29, 0.717) is 6.54 Å². The lowest BCUT2D eigenvalue weighted by Crippen LogP contribution is -2.27. The van der Waals surface area contributed by atoms with Crippen LogP contribution in [-0.2, 0) is 16.1 Å². The van der Waals surface area contributed by atoms with E-state index >= 15 is 0 Å². The van der Waals surface area contributed by atoms with Gasteiger partial charge in [0.1, 0.15) is 0 Å². The van der Waals surface area contributed by atoms with Crippen molar-refractivity contribution in [3.05, 3.63) is 53.3 Å². The summed E-state index contributed by atoms with van der Waals surface area (Å²) in [6.45, 7) is 5.26. The number of nitrogens with one attached hydrogen (secondary N) is 1. The minimum Gasteiger partial charge on any atom is -0.481 e. The van der Waals surface area contributed by atoms with Crippen LogP contribution >= 0.6 is 0 Å². The van der Waals surface area contributed by atoms with Crippen LogP contribution in [0.25, 0.3) is 0 Å². The fourth-order valence-electron chi connectivity index (χ4n) is 2.90. The van der Waals surface area contributed by atoms with E-state index in [9.17, 15) is 9.59 Å². The summed E-state index contributed by atoms with van der Waals surface area (Å²) < 4.78 is 1.93. The maximum absolute atomic E-state index is 12.2. The van der Waals surface area contributed by atoms with Crippen LogP contribution in [-0.4, -0.2) is 33.3 Å². The Morgan fingerprint density at radius 1 is 1.20 bits per heavy atom. The number of aliphatic carboxylic acids is 1. The number of benzene rings is 1. The van der Waals surface area contributed by atoms with E-state index in [-0.39, 0.29) is 24.7 Å². The molecule has 0 bridgehead atoms. The maximum atomic E-state index is 12.2. The Labute approximate surface area is 147 Å². The van der Waals surface area contributed by atoms with Crippen molar-refractivity contribution in [2.75, 3.05) is 6.54 Å². The van der Waals surface area contributed by atoms with E-state index in [4.69, 9.17) is 5.11 Å². The third-order valence-corrected chi connectivity index (χ3v) is 4.10. The molecule has 0 aliphatic rings. The number of carbonyl (C=O) groups is 2. The number of amides is 1. The van der Waals surface area contributed by atoms with Crippen molar-refractivity contribution in [2.24, 2.45) is 0 Å². The lowest BCUT2D eigenvalue weighted by atomic mass is 9.92. The number of hydrogen-bond acceptors (Lipinski definition) is 3. The van der Waals surface area contributed by atoms with Gasteiger partial charge in [-0.25, -0.2) is 0 Å². The van der Waals surface area contributed by atoms with Crippen LogP contribution in [0.15, 0.2) is 36.4 Å². The molecule has 1 heterocycles. The van der Waals surface area contributed by atoms with Crippen molar-refractivity contribution in [1.29, 1.82) is 0 Å². The number of carbonyl (C=O) groups excluding carboxylic acids is 1. The summed E-state index contributed by atoms with van der Waals surface area (Å²) in [5.74, 6) is -1.33. The summed E-state index contributed by atoms with van der Waals surface area (Å²) in [6.07, 6.45) is 0.905. The Morgan fingerprint density at radius 3 is 2.52 bits per heavy atom. The van der Waals surface area contributed by atoms with Gasteiger partial charge < -0.3 is 10.4 Å². The number of rotatable bonds is 9. The molecular weight excluding hydrogens is 318 g/mol. The van der Waals surface area contributed by atoms with Crippen molar-refractivity contribution in [2.45, 2.75) is 45.6 Å². The molecule has 134 valence electrons. The van der Waals surface area contributed by atoms with E-state index < -0.39 is 5.97 Å². The first-order chi connectivity index (χ1) is 12.0. The zero-order chi connectivity index (χ0) is 18.2. The van der Waals surface area contributed by atoms with E-state index in [1.165, 1.54) is 0 Å². The summed E-state index contributed by atoms with van der Waals surface area (Å²) in [5, 5.41) is 16.4. The van der Waals surface area contributed by atoms with Crippen molar-refractivity contribution in [3.63, 3.8) is 0 Å². The SMILES string of the molecule is Cc1cc(C)n(CCCNC(=O)C[C@@H](CC(=O)O)c2ccccc2)n1. The van der Waals surface area contributed by atoms with Gasteiger partial charge in [-0.1, -0.05) is 30.3 Å². The molecule has 0 saturated heterocycles. The fraction of sp³-hybridized carbons (Fsp3) is 0.421. The van der Waals surface area contributed by atoms with Gasteiger partial charge >= 0.3 is 5.97 Å². The summed E-state index contributed by atoms with van der Waals surface area (Å²) in [5.41, 5.74) is 2.97. The summed E-state index contributed by atoms with van der Waals surface area (Å²) in [7, 11) is 0. The lowest BCUT2D eigenvalue weighted by Gasteiger charge is -2.15. The highest BCUT2D eigenvalue weighted by molar-refractivity contribution is 5.78. The molecule has 2 rings (SSSR count). The maximum Gasteiger partial charge on any atom is 0.303 e. The first kappa shape index (κ1) is 18.7.